The molecule has 1 atom stereocenters. The van der Waals surface area contributed by atoms with Crippen molar-refractivity contribution in [2.24, 2.45) is 11.3 Å². The highest BCUT2D eigenvalue weighted by atomic mass is 16.2. The van der Waals surface area contributed by atoms with Crippen LogP contribution in [0.1, 0.15) is 45.4 Å². The number of carbonyl (C=O) groups excluding carboxylic acids is 2. The van der Waals surface area contributed by atoms with Crippen molar-refractivity contribution in [3.05, 3.63) is 0 Å². The highest BCUT2D eigenvalue weighted by Gasteiger charge is 2.44. The third-order valence-corrected chi connectivity index (χ3v) is 4.53. The predicted octanol–water partition coefficient (Wildman–Crippen LogP) is 1.45. The van der Waals surface area contributed by atoms with Gasteiger partial charge in [-0.2, -0.15) is 5.26 Å². The Balaban J connectivity index is 1.96. The largest absolute Gasteiger partial charge is 0.356 e. The lowest BCUT2D eigenvalue weighted by Crippen LogP contribution is -2.48. The standard InChI is InChI=1S/C15H23N3O2/c1-12(19)17-9-13-5-4-8-18(10-13)14(20)15(11-16)6-2-3-7-15/h13H,2-10H2,1H3,(H,17,19). The predicted molar refractivity (Wildman–Crippen MR) is 74.5 cm³/mol. The first-order chi connectivity index (χ1) is 9.57. The topological polar surface area (TPSA) is 73.2 Å². The number of nitriles is 1. The van der Waals surface area contributed by atoms with E-state index < -0.39 is 5.41 Å². The van der Waals surface area contributed by atoms with Crippen LogP contribution in [0.4, 0.5) is 0 Å². The van der Waals surface area contributed by atoms with Gasteiger partial charge in [0.2, 0.25) is 11.8 Å². The molecule has 0 radical (unpaired) electrons. The third kappa shape index (κ3) is 3.12. The van der Waals surface area contributed by atoms with Gasteiger partial charge >= 0.3 is 0 Å². The van der Waals surface area contributed by atoms with Crippen LogP contribution in [0.15, 0.2) is 0 Å². The normalized spacial score (nSPS) is 25.0. The molecule has 0 aromatic carbocycles. The molecule has 2 fully saturated rings. The van der Waals surface area contributed by atoms with E-state index in [0.29, 0.717) is 31.8 Å². The lowest BCUT2D eigenvalue weighted by molar-refractivity contribution is -0.140. The minimum Gasteiger partial charge on any atom is -0.356 e. The summed E-state index contributed by atoms with van der Waals surface area (Å²) in [5.41, 5.74) is -0.768. The number of hydrogen-bond acceptors (Lipinski definition) is 3. The Hall–Kier alpha value is -1.57. The molecule has 0 spiro atoms. The van der Waals surface area contributed by atoms with Gasteiger partial charge in [-0.3, -0.25) is 9.59 Å². The Kier molecular flexibility index (Phi) is 4.64. The monoisotopic (exact) mass is 277 g/mol. The van der Waals surface area contributed by atoms with Gasteiger partial charge in [0.1, 0.15) is 5.41 Å². The number of rotatable bonds is 3. The molecule has 1 heterocycles. The van der Waals surface area contributed by atoms with Crippen LogP contribution >= 0.6 is 0 Å². The summed E-state index contributed by atoms with van der Waals surface area (Å²) in [4.78, 5) is 25.5. The maximum Gasteiger partial charge on any atom is 0.243 e. The second-order valence-electron chi connectivity index (χ2n) is 6.10. The van der Waals surface area contributed by atoms with E-state index in [1.165, 1.54) is 6.92 Å². The first kappa shape index (κ1) is 14.8. The molecule has 2 amide bonds. The molecular weight excluding hydrogens is 254 g/mol. The van der Waals surface area contributed by atoms with Crippen molar-refractivity contribution < 1.29 is 9.59 Å². The van der Waals surface area contributed by atoms with Gasteiger partial charge in [0, 0.05) is 26.6 Å². The van der Waals surface area contributed by atoms with E-state index in [-0.39, 0.29) is 11.8 Å². The lowest BCUT2D eigenvalue weighted by Gasteiger charge is -2.36. The first-order valence-corrected chi connectivity index (χ1v) is 7.52. The molecule has 5 heteroatoms. The van der Waals surface area contributed by atoms with E-state index >= 15 is 0 Å². The van der Waals surface area contributed by atoms with Gasteiger partial charge < -0.3 is 10.2 Å². The molecule has 20 heavy (non-hydrogen) atoms. The minimum absolute atomic E-state index is 0.0185. The Bertz CT molecular complexity index is 421. The van der Waals surface area contributed by atoms with Crippen molar-refractivity contribution >= 4 is 11.8 Å². The molecule has 2 rings (SSSR count). The van der Waals surface area contributed by atoms with Crippen LogP contribution in [0.5, 0.6) is 0 Å². The molecular formula is C15H23N3O2. The Labute approximate surface area is 120 Å². The molecule has 0 aromatic rings. The van der Waals surface area contributed by atoms with Gasteiger partial charge in [-0.1, -0.05) is 12.8 Å². The van der Waals surface area contributed by atoms with E-state index in [2.05, 4.69) is 11.4 Å². The van der Waals surface area contributed by atoms with Gasteiger partial charge in [0.25, 0.3) is 0 Å². The van der Waals surface area contributed by atoms with Crippen molar-refractivity contribution in [3.8, 4) is 6.07 Å². The second-order valence-corrected chi connectivity index (χ2v) is 6.10. The summed E-state index contributed by atoms with van der Waals surface area (Å²) >= 11 is 0. The van der Waals surface area contributed by atoms with Crippen molar-refractivity contribution in [2.45, 2.75) is 45.4 Å². The third-order valence-electron chi connectivity index (χ3n) is 4.53. The van der Waals surface area contributed by atoms with E-state index in [0.717, 1.165) is 32.2 Å². The highest BCUT2D eigenvalue weighted by molar-refractivity contribution is 5.86. The molecule has 1 aliphatic carbocycles. The zero-order valence-electron chi connectivity index (χ0n) is 12.2. The van der Waals surface area contributed by atoms with Gasteiger partial charge in [0.15, 0.2) is 0 Å². The average molecular weight is 277 g/mol. The fourth-order valence-electron chi connectivity index (χ4n) is 3.36. The molecule has 5 nitrogen and oxygen atoms in total. The maximum atomic E-state index is 12.7. The molecule has 1 saturated heterocycles. The Morgan fingerprint density at radius 2 is 2.05 bits per heavy atom. The molecule has 1 N–H and O–H groups in total. The van der Waals surface area contributed by atoms with Crippen molar-refractivity contribution in [2.75, 3.05) is 19.6 Å². The van der Waals surface area contributed by atoms with Gasteiger partial charge in [0.05, 0.1) is 6.07 Å². The maximum absolute atomic E-state index is 12.7. The van der Waals surface area contributed by atoms with E-state index in [4.69, 9.17) is 0 Å². The smallest absolute Gasteiger partial charge is 0.243 e. The number of nitrogens with zero attached hydrogens (tertiary/aromatic N) is 2. The molecule has 1 saturated carbocycles. The van der Waals surface area contributed by atoms with Crippen molar-refractivity contribution in [1.29, 1.82) is 5.26 Å². The quantitative estimate of drug-likeness (QED) is 0.848. The summed E-state index contributed by atoms with van der Waals surface area (Å²) in [7, 11) is 0. The van der Waals surface area contributed by atoms with E-state index in [1.54, 1.807) is 0 Å². The summed E-state index contributed by atoms with van der Waals surface area (Å²) in [6, 6.07) is 2.28. The average Bonchev–Trinajstić information content (AvgIpc) is 2.94. The van der Waals surface area contributed by atoms with E-state index in [9.17, 15) is 14.9 Å². The van der Waals surface area contributed by atoms with E-state index in [1.807, 2.05) is 4.90 Å². The van der Waals surface area contributed by atoms with Crippen LogP contribution in [0, 0.1) is 22.7 Å². The summed E-state index contributed by atoms with van der Waals surface area (Å²) in [5, 5.41) is 12.2. The van der Waals surface area contributed by atoms with Crippen LogP contribution in [-0.4, -0.2) is 36.3 Å². The SMILES string of the molecule is CC(=O)NCC1CCCN(C(=O)C2(C#N)CCCC2)C1. The number of piperidine rings is 1. The molecule has 1 unspecified atom stereocenters. The fourth-order valence-corrected chi connectivity index (χ4v) is 3.36. The van der Waals surface area contributed by atoms with Crippen LogP contribution < -0.4 is 5.32 Å². The first-order valence-electron chi connectivity index (χ1n) is 7.52. The number of likely N-dealkylation sites (tertiary alicyclic amines) is 1. The second kappa shape index (κ2) is 6.25. The number of amides is 2. The fraction of sp³-hybridized carbons (Fsp3) is 0.800. The zero-order valence-corrected chi connectivity index (χ0v) is 12.2. The number of carbonyl (C=O) groups is 2. The minimum atomic E-state index is -0.768. The number of hydrogen-bond donors (Lipinski definition) is 1. The Morgan fingerprint density at radius 1 is 1.35 bits per heavy atom. The van der Waals surface area contributed by atoms with Gasteiger partial charge in [-0.05, 0) is 31.6 Å². The lowest BCUT2D eigenvalue weighted by atomic mass is 9.85. The summed E-state index contributed by atoms with van der Waals surface area (Å²) < 4.78 is 0. The van der Waals surface area contributed by atoms with Crippen molar-refractivity contribution in [3.63, 3.8) is 0 Å². The van der Waals surface area contributed by atoms with Crippen LogP contribution in [-0.2, 0) is 9.59 Å². The van der Waals surface area contributed by atoms with Crippen molar-refractivity contribution in [1.82, 2.24) is 10.2 Å². The summed E-state index contributed by atoms with van der Waals surface area (Å²) in [6.45, 7) is 3.55. The van der Waals surface area contributed by atoms with Gasteiger partial charge in [-0.25, -0.2) is 0 Å². The molecule has 1 aliphatic heterocycles. The van der Waals surface area contributed by atoms with Crippen LogP contribution in [0.3, 0.4) is 0 Å². The molecule has 2 aliphatic rings. The summed E-state index contributed by atoms with van der Waals surface area (Å²) in [6.07, 6.45) is 5.34. The molecule has 0 aromatic heterocycles. The highest BCUT2D eigenvalue weighted by Crippen LogP contribution is 2.39. The van der Waals surface area contributed by atoms with Crippen LogP contribution in [0.25, 0.3) is 0 Å². The molecule has 110 valence electrons. The van der Waals surface area contributed by atoms with Crippen LogP contribution in [0.2, 0.25) is 0 Å². The van der Waals surface area contributed by atoms with Gasteiger partial charge in [-0.15, -0.1) is 0 Å². The molecule has 0 bridgehead atoms. The Morgan fingerprint density at radius 3 is 2.65 bits per heavy atom. The zero-order chi connectivity index (χ0) is 14.6. The number of nitrogens with one attached hydrogen (secondary N) is 1. The summed E-state index contributed by atoms with van der Waals surface area (Å²) in [5.74, 6) is 0.302.